The fourth-order valence-corrected chi connectivity index (χ4v) is 4.54. The number of rotatable bonds is 4. The highest BCUT2D eigenvalue weighted by molar-refractivity contribution is 6.03. The molecule has 0 radical (unpaired) electrons. The average Bonchev–Trinajstić information content (AvgIpc) is 3.48. The van der Waals surface area contributed by atoms with Crippen LogP contribution in [0.5, 0.6) is 11.5 Å². The summed E-state index contributed by atoms with van der Waals surface area (Å²) in [4.78, 5) is 15.0. The first-order valence-electron chi connectivity index (χ1n) is 10.9. The van der Waals surface area contributed by atoms with Crippen LogP contribution in [0.2, 0.25) is 0 Å². The Balaban J connectivity index is 1.45. The molecule has 9 nitrogen and oxygen atoms in total. The van der Waals surface area contributed by atoms with Crippen molar-refractivity contribution in [3.8, 4) is 22.8 Å². The van der Waals surface area contributed by atoms with Gasteiger partial charge in [-0.25, -0.2) is 0 Å². The summed E-state index contributed by atoms with van der Waals surface area (Å²) in [6.07, 6.45) is -4.49. The van der Waals surface area contributed by atoms with E-state index in [2.05, 4.69) is 21.3 Å². The maximum Gasteiger partial charge on any atom is 0.416 e. The Morgan fingerprint density at radius 2 is 1.97 bits per heavy atom. The van der Waals surface area contributed by atoms with Gasteiger partial charge in [-0.1, -0.05) is 12.1 Å². The van der Waals surface area contributed by atoms with Gasteiger partial charge >= 0.3 is 6.18 Å². The van der Waals surface area contributed by atoms with Crippen molar-refractivity contribution >= 4 is 17.4 Å². The Hall–Kier alpha value is -3.77. The first-order chi connectivity index (χ1) is 16.6. The summed E-state index contributed by atoms with van der Waals surface area (Å²) >= 11 is 0. The minimum absolute atomic E-state index is 0.0162. The number of alkyl halides is 3. The number of phenols is 2. The van der Waals surface area contributed by atoms with Crippen molar-refractivity contribution in [2.24, 2.45) is 13.0 Å². The van der Waals surface area contributed by atoms with Crippen molar-refractivity contribution < 1.29 is 28.2 Å². The van der Waals surface area contributed by atoms with Crippen LogP contribution in [0, 0.1) is 5.92 Å². The minimum Gasteiger partial charge on any atom is -0.508 e. The number of nitrogens with one attached hydrogen (secondary N) is 3. The van der Waals surface area contributed by atoms with E-state index < -0.39 is 17.6 Å². The Morgan fingerprint density at radius 1 is 1.17 bits per heavy atom. The second-order valence-electron chi connectivity index (χ2n) is 8.73. The van der Waals surface area contributed by atoms with Gasteiger partial charge in [0.2, 0.25) is 0 Å². The summed E-state index contributed by atoms with van der Waals surface area (Å²) in [6, 6.07) is 8.85. The lowest BCUT2D eigenvalue weighted by Gasteiger charge is -2.21. The number of aromatic hydroxyl groups is 2. The lowest BCUT2D eigenvalue weighted by molar-refractivity contribution is -0.137. The maximum absolute atomic E-state index is 13.3. The van der Waals surface area contributed by atoms with Crippen LogP contribution < -0.4 is 16.2 Å². The molecule has 1 aromatic heterocycles. The number of anilines is 2. The van der Waals surface area contributed by atoms with Gasteiger partial charge in [-0.2, -0.15) is 18.3 Å². The van der Waals surface area contributed by atoms with E-state index in [4.69, 9.17) is 0 Å². The van der Waals surface area contributed by atoms with Crippen molar-refractivity contribution in [1.29, 1.82) is 0 Å². The van der Waals surface area contributed by atoms with Crippen LogP contribution in [0.3, 0.4) is 0 Å². The second kappa shape index (κ2) is 8.47. The molecule has 184 valence electrons. The van der Waals surface area contributed by atoms with E-state index >= 15 is 0 Å². The van der Waals surface area contributed by atoms with Gasteiger partial charge in [0.25, 0.3) is 5.91 Å². The van der Waals surface area contributed by atoms with Crippen LogP contribution in [0.4, 0.5) is 24.7 Å². The van der Waals surface area contributed by atoms with Crippen molar-refractivity contribution in [1.82, 2.24) is 25.5 Å². The number of likely N-dealkylation sites (tertiary alicyclic amines) is 1. The lowest BCUT2D eigenvalue weighted by Crippen LogP contribution is -2.38. The predicted molar refractivity (Wildman–Crippen MR) is 121 cm³/mol. The van der Waals surface area contributed by atoms with Crippen LogP contribution in [-0.4, -0.2) is 56.5 Å². The fraction of sp³-hybridized carbons (Fsp3) is 0.304. The highest BCUT2D eigenvalue weighted by Crippen LogP contribution is 2.37. The van der Waals surface area contributed by atoms with Gasteiger partial charge in [0.05, 0.1) is 16.9 Å². The molecule has 35 heavy (non-hydrogen) atoms. The van der Waals surface area contributed by atoms with E-state index in [-0.39, 0.29) is 46.0 Å². The van der Waals surface area contributed by atoms with Gasteiger partial charge in [-0.15, -0.1) is 0 Å². The van der Waals surface area contributed by atoms with Gasteiger partial charge in [-0.05, 0) is 12.1 Å². The second-order valence-corrected chi connectivity index (χ2v) is 8.73. The van der Waals surface area contributed by atoms with E-state index in [0.717, 1.165) is 24.7 Å². The third-order valence-electron chi connectivity index (χ3n) is 6.32. The van der Waals surface area contributed by atoms with Gasteiger partial charge in [0.1, 0.15) is 22.9 Å². The molecule has 0 bridgehead atoms. The van der Waals surface area contributed by atoms with E-state index in [1.165, 1.54) is 28.9 Å². The van der Waals surface area contributed by atoms with E-state index in [0.29, 0.717) is 18.9 Å². The van der Waals surface area contributed by atoms with Crippen LogP contribution in [0.1, 0.15) is 15.9 Å². The van der Waals surface area contributed by atoms with Crippen LogP contribution in [-0.2, 0) is 13.2 Å². The van der Waals surface area contributed by atoms with Crippen LogP contribution in [0.25, 0.3) is 11.3 Å². The Morgan fingerprint density at radius 3 is 2.71 bits per heavy atom. The summed E-state index contributed by atoms with van der Waals surface area (Å²) in [7, 11) is 1.59. The summed E-state index contributed by atoms with van der Waals surface area (Å²) in [5, 5.41) is 27.9. The molecule has 12 heteroatoms. The monoisotopic (exact) mass is 488 g/mol. The summed E-state index contributed by atoms with van der Waals surface area (Å²) in [6.45, 7) is 1.70. The number of carbonyl (C=O) groups excluding carboxylic acids is 1. The third kappa shape index (κ3) is 4.37. The summed E-state index contributed by atoms with van der Waals surface area (Å²) in [5.41, 5.74) is 6.08. The SMILES string of the molecule is Cn1nc(-c2cccc(C(F)(F)F)c2)cc1Nc1cc(O)cc(O)c1C(=O)N1CC2CNNC2C1. The molecule has 0 aliphatic carbocycles. The zero-order valence-corrected chi connectivity index (χ0v) is 18.6. The highest BCUT2D eigenvalue weighted by Gasteiger charge is 2.39. The summed E-state index contributed by atoms with van der Waals surface area (Å²) < 4.78 is 40.8. The smallest absolute Gasteiger partial charge is 0.416 e. The number of aromatic nitrogens is 2. The minimum atomic E-state index is -4.49. The number of hydrazine groups is 1. The predicted octanol–water partition coefficient (Wildman–Crippen LogP) is 2.81. The Labute approximate surface area is 198 Å². The number of nitrogens with zero attached hydrogens (tertiary/aromatic N) is 3. The largest absolute Gasteiger partial charge is 0.508 e. The number of aryl methyl sites for hydroxylation is 1. The molecule has 2 unspecified atom stereocenters. The summed E-state index contributed by atoms with van der Waals surface area (Å²) in [5.74, 6) is -0.448. The molecule has 2 aliphatic heterocycles. The number of hydrogen-bond acceptors (Lipinski definition) is 7. The molecule has 2 aromatic carbocycles. The van der Waals surface area contributed by atoms with Crippen molar-refractivity contribution in [2.75, 3.05) is 25.0 Å². The Kier molecular flexibility index (Phi) is 5.56. The molecule has 3 aromatic rings. The number of halogens is 3. The van der Waals surface area contributed by atoms with Gasteiger partial charge in [0, 0.05) is 62.4 Å². The fourth-order valence-electron chi connectivity index (χ4n) is 4.54. The van der Waals surface area contributed by atoms with Gasteiger partial charge in [-0.3, -0.25) is 20.3 Å². The van der Waals surface area contributed by atoms with E-state index in [1.54, 1.807) is 11.9 Å². The number of carbonyl (C=O) groups is 1. The topological polar surface area (TPSA) is 115 Å². The number of fused-ring (bicyclic) bond motifs is 1. The molecule has 1 amide bonds. The normalized spacial score (nSPS) is 19.7. The third-order valence-corrected chi connectivity index (χ3v) is 6.32. The quantitative estimate of drug-likeness (QED) is 0.384. The molecular weight excluding hydrogens is 465 g/mol. The van der Waals surface area contributed by atoms with E-state index in [9.17, 15) is 28.2 Å². The van der Waals surface area contributed by atoms with Crippen LogP contribution in [0.15, 0.2) is 42.5 Å². The zero-order chi connectivity index (χ0) is 24.9. The van der Waals surface area contributed by atoms with Gasteiger partial charge < -0.3 is 20.4 Å². The number of hydrogen-bond donors (Lipinski definition) is 5. The number of phenolic OH excluding ortho intramolecular Hbond substituents is 2. The molecule has 0 saturated carbocycles. The number of amides is 1. The molecule has 2 aliphatic rings. The number of benzene rings is 2. The highest BCUT2D eigenvalue weighted by atomic mass is 19.4. The first-order valence-corrected chi connectivity index (χ1v) is 10.9. The molecule has 5 rings (SSSR count). The molecule has 2 saturated heterocycles. The first kappa shape index (κ1) is 23.0. The lowest BCUT2D eigenvalue weighted by atomic mass is 10.1. The molecule has 3 heterocycles. The average molecular weight is 488 g/mol. The zero-order valence-electron chi connectivity index (χ0n) is 18.6. The van der Waals surface area contributed by atoms with Crippen molar-refractivity contribution in [2.45, 2.75) is 12.2 Å². The Bertz CT molecular complexity index is 1280. The molecule has 2 fully saturated rings. The van der Waals surface area contributed by atoms with Crippen molar-refractivity contribution in [3.63, 3.8) is 0 Å². The molecular formula is C23H23F3N6O3. The standard InChI is InChI=1S/C23H23F3N6O3/c1-31-20(8-16(30-31)12-3-2-4-14(5-12)23(24,25)26)28-17-6-15(33)7-19(34)21(17)22(35)32-10-13-9-27-29-18(13)11-32/h2-8,13,18,27-29,33-34H,9-11H2,1H3. The van der Waals surface area contributed by atoms with Crippen LogP contribution >= 0.6 is 0 Å². The van der Waals surface area contributed by atoms with Gasteiger partial charge in [0.15, 0.2) is 0 Å². The van der Waals surface area contributed by atoms with Crippen molar-refractivity contribution in [3.05, 3.63) is 53.6 Å². The molecule has 5 N–H and O–H groups in total. The molecule has 2 atom stereocenters. The molecule has 0 spiro atoms. The maximum atomic E-state index is 13.3. The van der Waals surface area contributed by atoms with E-state index in [1.807, 2.05) is 0 Å².